The molecule has 0 spiro atoms. The minimum absolute atomic E-state index is 0.313. The van der Waals surface area contributed by atoms with E-state index in [2.05, 4.69) is 22.0 Å². The molecule has 0 fully saturated rings. The molecule has 0 saturated carbocycles. The van der Waals surface area contributed by atoms with Gasteiger partial charge in [-0.25, -0.2) is 0 Å². The van der Waals surface area contributed by atoms with Crippen LogP contribution in [0.1, 0.15) is 5.56 Å². The van der Waals surface area contributed by atoms with Gasteiger partial charge in [0.05, 0.1) is 26.7 Å². The smallest absolute Gasteiger partial charge is 0.127 e. The van der Waals surface area contributed by atoms with Gasteiger partial charge in [-0.15, -0.1) is 0 Å². The number of hydrogen-bond donors (Lipinski definition) is 0. The first kappa shape index (κ1) is 10.9. The summed E-state index contributed by atoms with van der Waals surface area (Å²) in [6.45, 7) is 0. The van der Waals surface area contributed by atoms with E-state index in [1.54, 1.807) is 20.3 Å². The van der Waals surface area contributed by atoms with Crippen molar-refractivity contribution in [1.29, 1.82) is 5.26 Å². The van der Waals surface area contributed by atoms with Gasteiger partial charge in [-0.1, -0.05) is 15.9 Å². The second-order valence-corrected chi connectivity index (χ2v) is 3.48. The Balaban J connectivity index is 3.21. The quantitative estimate of drug-likeness (QED) is 0.834. The maximum absolute atomic E-state index is 8.63. The third kappa shape index (κ3) is 2.18. The zero-order valence-electron chi connectivity index (χ0n) is 8.00. The van der Waals surface area contributed by atoms with Gasteiger partial charge in [-0.3, -0.25) is 0 Å². The van der Waals surface area contributed by atoms with Crippen LogP contribution in [-0.4, -0.2) is 14.2 Å². The summed E-state index contributed by atoms with van der Waals surface area (Å²) in [4.78, 5) is 0. The van der Waals surface area contributed by atoms with Crippen molar-refractivity contribution in [3.8, 4) is 17.6 Å². The average Bonchev–Trinajstić information content (AvgIpc) is 2.20. The third-order valence-electron chi connectivity index (χ3n) is 1.84. The monoisotopic (exact) mass is 255 g/mol. The molecule has 0 aliphatic heterocycles. The number of rotatable bonds is 3. The van der Waals surface area contributed by atoms with E-state index < -0.39 is 0 Å². The van der Waals surface area contributed by atoms with Crippen LogP contribution in [0.4, 0.5) is 0 Å². The molecule has 1 aromatic rings. The van der Waals surface area contributed by atoms with Crippen LogP contribution in [0.3, 0.4) is 0 Å². The Bertz CT molecular complexity index is 371. The van der Waals surface area contributed by atoms with E-state index in [1.807, 2.05) is 6.07 Å². The Labute approximate surface area is 91.4 Å². The number of ether oxygens (including phenoxy) is 2. The predicted molar refractivity (Wildman–Crippen MR) is 56.6 cm³/mol. The summed E-state index contributed by atoms with van der Waals surface area (Å²) in [6, 6.07) is 5.66. The highest BCUT2D eigenvalue weighted by Crippen LogP contribution is 2.32. The molecule has 3 nitrogen and oxygen atoms in total. The van der Waals surface area contributed by atoms with Crippen LogP contribution in [-0.2, 0) is 6.42 Å². The van der Waals surface area contributed by atoms with Gasteiger partial charge in [0, 0.05) is 16.1 Å². The van der Waals surface area contributed by atoms with E-state index in [9.17, 15) is 0 Å². The lowest BCUT2D eigenvalue weighted by molar-refractivity contribution is 0.391. The van der Waals surface area contributed by atoms with Gasteiger partial charge < -0.3 is 9.47 Å². The molecule has 0 bridgehead atoms. The van der Waals surface area contributed by atoms with E-state index >= 15 is 0 Å². The van der Waals surface area contributed by atoms with Crippen LogP contribution in [0, 0.1) is 11.3 Å². The largest absolute Gasteiger partial charge is 0.497 e. The zero-order chi connectivity index (χ0) is 10.6. The summed E-state index contributed by atoms with van der Waals surface area (Å²) in [6.07, 6.45) is 0.313. The fourth-order valence-corrected chi connectivity index (χ4v) is 1.70. The molecule has 0 saturated heterocycles. The summed E-state index contributed by atoms with van der Waals surface area (Å²) in [5.74, 6) is 1.37. The molecule has 0 heterocycles. The first-order valence-corrected chi connectivity index (χ1v) is 4.79. The maximum atomic E-state index is 8.63. The van der Waals surface area contributed by atoms with Crippen LogP contribution >= 0.6 is 15.9 Å². The van der Waals surface area contributed by atoms with Crippen molar-refractivity contribution >= 4 is 15.9 Å². The first-order chi connectivity index (χ1) is 6.72. The molecular weight excluding hydrogens is 246 g/mol. The fourth-order valence-electron chi connectivity index (χ4n) is 1.14. The predicted octanol–water partition coefficient (Wildman–Crippen LogP) is 2.53. The van der Waals surface area contributed by atoms with Crippen molar-refractivity contribution in [2.45, 2.75) is 6.42 Å². The standard InChI is InChI=1S/C10H10BrNO2/c1-13-7-5-9(11)8(3-4-12)10(6-7)14-2/h5-6H,3H2,1-2H3. The number of nitrogens with zero attached hydrogens (tertiary/aromatic N) is 1. The Morgan fingerprint density at radius 1 is 1.36 bits per heavy atom. The summed E-state index contributed by atoms with van der Waals surface area (Å²) in [5, 5.41) is 8.63. The van der Waals surface area contributed by atoms with Crippen LogP contribution in [0.25, 0.3) is 0 Å². The Hall–Kier alpha value is -1.21. The number of nitriles is 1. The van der Waals surface area contributed by atoms with Crippen LogP contribution < -0.4 is 9.47 Å². The second-order valence-electron chi connectivity index (χ2n) is 2.62. The van der Waals surface area contributed by atoms with Gasteiger partial charge in [0.1, 0.15) is 11.5 Å². The van der Waals surface area contributed by atoms with Crippen molar-refractivity contribution in [3.63, 3.8) is 0 Å². The van der Waals surface area contributed by atoms with Crippen molar-refractivity contribution in [3.05, 3.63) is 22.2 Å². The summed E-state index contributed by atoms with van der Waals surface area (Å²) in [5.41, 5.74) is 0.843. The maximum Gasteiger partial charge on any atom is 0.127 e. The van der Waals surface area contributed by atoms with E-state index in [0.717, 1.165) is 10.0 Å². The number of benzene rings is 1. The van der Waals surface area contributed by atoms with Crippen LogP contribution in [0.2, 0.25) is 0 Å². The molecule has 0 unspecified atom stereocenters. The Kier molecular flexibility index (Phi) is 3.78. The van der Waals surface area contributed by atoms with Crippen molar-refractivity contribution in [1.82, 2.24) is 0 Å². The topological polar surface area (TPSA) is 42.2 Å². The van der Waals surface area contributed by atoms with E-state index in [-0.39, 0.29) is 0 Å². The van der Waals surface area contributed by atoms with Gasteiger partial charge in [0.2, 0.25) is 0 Å². The Morgan fingerprint density at radius 3 is 2.57 bits per heavy atom. The second kappa shape index (κ2) is 4.87. The summed E-state index contributed by atoms with van der Waals surface area (Å²) in [7, 11) is 3.16. The third-order valence-corrected chi connectivity index (χ3v) is 2.55. The van der Waals surface area contributed by atoms with Crippen molar-refractivity contribution in [2.75, 3.05) is 14.2 Å². The van der Waals surface area contributed by atoms with Gasteiger partial charge in [-0.2, -0.15) is 5.26 Å². The molecule has 1 rings (SSSR count). The molecule has 4 heteroatoms. The molecule has 0 aliphatic carbocycles. The van der Waals surface area contributed by atoms with E-state index in [1.165, 1.54) is 0 Å². The molecular formula is C10H10BrNO2. The molecule has 0 amide bonds. The molecule has 0 radical (unpaired) electrons. The molecule has 1 aromatic carbocycles. The number of hydrogen-bond acceptors (Lipinski definition) is 3. The minimum atomic E-state index is 0.313. The molecule has 0 aliphatic rings. The van der Waals surface area contributed by atoms with E-state index in [4.69, 9.17) is 14.7 Å². The lowest BCUT2D eigenvalue weighted by Gasteiger charge is -2.10. The lowest BCUT2D eigenvalue weighted by atomic mass is 10.1. The van der Waals surface area contributed by atoms with Gasteiger partial charge in [0.15, 0.2) is 0 Å². The molecule has 0 N–H and O–H groups in total. The highest BCUT2D eigenvalue weighted by atomic mass is 79.9. The summed E-state index contributed by atoms with van der Waals surface area (Å²) < 4.78 is 11.1. The van der Waals surface area contributed by atoms with Crippen LogP contribution in [0.5, 0.6) is 11.5 Å². The Morgan fingerprint density at radius 2 is 2.07 bits per heavy atom. The van der Waals surface area contributed by atoms with Crippen molar-refractivity contribution in [2.24, 2.45) is 0 Å². The van der Waals surface area contributed by atoms with Crippen molar-refractivity contribution < 1.29 is 9.47 Å². The SMILES string of the molecule is COc1cc(Br)c(CC#N)c(OC)c1. The minimum Gasteiger partial charge on any atom is -0.497 e. The van der Waals surface area contributed by atoms with Gasteiger partial charge >= 0.3 is 0 Å². The van der Waals surface area contributed by atoms with Crippen LogP contribution in [0.15, 0.2) is 16.6 Å². The number of halogens is 1. The molecule has 0 aromatic heterocycles. The summed E-state index contributed by atoms with van der Waals surface area (Å²) >= 11 is 3.37. The van der Waals surface area contributed by atoms with E-state index in [0.29, 0.717) is 17.9 Å². The number of methoxy groups -OCH3 is 2. The highest BCUT2D eigenvalue weighted by molar-refractivity contribution is 9.10. The molecule has 0 atom stereocenters. The fraction of sp³-hybridized carbons (Fsp3) is 0.300. The normalized spacial score (nSPS) is 9.29. The first-order valence-electron chi connectivity index (χ1n) is 4.00. The zero-order valence-corrected chi connectivity index (χ0v) is 9.59. The van der Waals surface area contributed by atoms with Gasteiger partial charge in [-0.05, 0) is 6.07 Å². The molecule has 14 heavy (non-hydrogen) atoms. The average molecular weight is 256 g/mol. The lowest BCUT2D eigenvalue weighted by Crippen LogP contribution is -1.94. The highest BCUT2D eigenvalue weighted by Gasteiger charge is 2.09. The molecule has 74 valence electrons. The van der Waals surface area contributed by atoms with Gasteiger partial charge in [0.25, 0.3) is 0 Å².